The lowest BCUT2D eigenvalue weighted by atomic mass is 9.78. The van der Waals surface area contributed by atoms with Crippen molar-refractivity contribution < 1.29 is 19.1 Å². The third-order valence-corrected chi connectivity index (χ3v) is 6.36. The van der Waals surface area contributed by atoms with Crippen molar-refractivity contribution in [2.45, 2.75) is 12.8 Å². The molecule has 4 rings (SSSR count). The quantitative estimate of drug-likeness (QED) is 0.278. The van der Waals surface area contributed by atoms with Gasteiger partial charge in [0.05, 0.1) is 14.2 Å². The summed E-state index contributed by atoms with van der Waals surface area (Å²) in [5.74, 6) is -1.75. The van der Waals surface area contributed by atoms with E-state index in [0.29, 0.717) is 43.4 Å². The monoisotopic (exact) mass is 484 g/mol. The van der Waals surface area contributed by atoms with E-state index in [-0.39, 0.29) is 23.7 Å². The highest BCUT2D eigenvalue weighted by Gasteiger charge is 2.53. The van der Waals surface area contributed by atoms with Crippen LogP contribution >= 0.6 is 23.2 Å². The number of halogens is 2. The summed E-state index contributed by atoms with van der Waals surface area (Å²) in [6.45, 7) is 0. The zero-order valence-corrected chi connectivity index (χ0v) is 19.3. The molecule has 0 aliphatic heterocycles. The molecule has 0 saturated carbocycles. The van der Waals surface area contributed by atoms with Crippen LogP contribution in [0.1, 0.15) is 11.1 Å². The summed E-state index contributed by atoms with van der Waals surface area (Å²) in [6, 6.07) is 13.3. The van der Waals surface area contributed by atoms with Crippen LogP contribution < -0.4 is 10.9 Å². The van der Waals surface area contributed by atoms with Gasteiger partial charge < -0.3 is 9.47 Å². The molecule has 4 aromatic rings. The molecule has 0 fully saturated rings. The largest absolute Gasteiger partial charge is 0.468 e. The Bertz CT molecular complexity index is 1260. The molecule has 0 spiro atoms. The van der Waals surface area contributed by atoms with Crippen molar-refractivity contribution >= 4 is 35.1 Å². The van der Waals surface area contributed by atoms with Crippen LogP contribution in [0, 0.1) is 5.41 Å². The number of rotatable bonds is 8. The molecule has 33 heavy (non-hydrogen) atoms. The summed E-state index contributed by atoms with van der Waals surface area (Å²) in [6.07, 6.45) is -0.484. The zero-order valence-electron chi connectivity index (χ0n) is 17.7. The minimum Gasteiger partial charge on any atom is -0.468 e. The molecule has 0 saturated heterocycles. The van der Waals surface area contributed by atoms with E-state index in [1.807, 2.05) is 0 Å². The van der Waals surface area contributed by atoms with Crippen molar-refractivity contribution in [1.82, 2.24) is 0 Å². The van der Waals surface area contributed by atoms with Gasteiger partial charge in [-0.3, -0.25) is 19.2 Å². The second-order valence-electron chi connectivity index (χ2n) is 7.80. The van der Waals surface area contributed by atoms with Gasteiger partial charge in [0, 0.05) is 45.1 Å². The highest BCUT2D eigenvalue weighted by molar-refractivity contribution is 6.31. The van der Waals surface area contributed by atoms with Gasteiger partial charge in [0.25, 0.3) is 0 Å². The number of benzene rings is 2. The molecule has 6 nitrogen and oxygen atoms in total. The SMILES string of the molecule is COC(=O)C(Cc1c(-c2ccc(Cl)cc2)c1=O)(Cc1c(-c2ccc(Cl)cc2)c1=O)C(=O)OC. The van der Waals surface area contributed by atoms with Crippen LogP contribution in [0.3, 0.4) is 0 Å². The summed E-state index contributed by atoms with van der Waals surface area (Å²) < 4.78 is 9.87. The Balaban J connectivity index is 1.71. The van der Waals surface area contributed by atoms with Crippen LogP contribution in [0.15, 0.2) is 58.1 Å². The van der Waals surface area contributed by atoms with E-state index in [2.05, 4.69) is 0 Å². The van der Waals surface area contributed by atoms with Crippen LogP contribution in [0.2, 0.25) is 10.0 Å². The zero-order chi connectivity index (χ0) is 23.9. The topological polar surface area (TPSA) is 86.7 Å². The predicted molar refractivity (Wildman–Crippen MR) is 125 cm³/mol. The number of hydrogen-bond donors (Lipinski definition) is 0. The minimum absolute atomic E-state index is 0.242. The van der Waals surface area contributed by atoms with Gasteiger partial charge in [0.2, 0.25) is 0 Å². The number of ether oxygens (including phenoxy) is 2. The van der Waals surface area contributed by atoms with Gasteiger partial charge in [-0.25, -0.2) is 0 Å². The smallest absolute Gasteiger partial charge is 0.323 e. The summed E-state index contributed by atoms with van der Waals surface area (Å²) in [5, 5.41) is 1.03. The fraction of sp³-hybridized carbons (Fsp3) is 0.200. The first kappa shape index (κ1) is 23.0. The van der Waals surface area contributed by atoms with Crippen LogP contribution in [0.25, 0.3) is 22.3 Å². The molecule has 0 heterocycles. The molecule has 0 aliphatic rings. The molecule has 0 N–H and O–H groups in total. The maximum atomic E-state index is 12.9. The normalized spacial score (nSPS) is 11.8. The van der Waals surface area contributed by atoms with E-state index in [4.69, 9.17) is 32.7 Å². The minimum atomic E-state index is -1.87. The van der Waals surface area contributed by atoms with Crippen molar-refractivity contribution in [2.24, 2.45) is 5.41 Å². The van der Waals surface area contributed by atoms with E-state index >= 15 is 0 Å². The number of esters is 2. The van der Waals surface area contributed by atoms with Crippen LogP contribution in [-0.2, 0) is 31.9 Å². The van der Waals surface area contributed by atoms with Crippen molar-refractivity contribution in [3.05, 3.63) is 90.1 Å². The Morgan fingerprint density at radius 1 is 0.697 bits per heavy atom. The van der Waals surface area contributed by atoms with Gasteiger partial charge in [-0.1, -0.05) is 47.5 Å². The lowest BCUT2D eigenvalue weighted by Gasteiger charge is -2.26. The molecular formula is C25H18Cl2O6. The number of carbonyl (C=O) groups excluding carboxylic acids is 2. The van der Waals surface area contributed by atoms with Crippen molar-refractivity contribution in [2.75, 3.05) is 14.2 Å². The van der Waals surface area contributed by atoms with E-state index in [1.54, 1.807) is 48.5 Å². The molecule has 0 aliphatic carbocycles. The molecule has 0 aromatic heterocycles. The first-order valence-electron chi connectivity index (χ1n) is 9.98. The molecule has 0 unspecified atom stereocenters. The van der Waals surface area contributed by atoms with Crippen LogP contribution in [0.5, 0.6) is 0 Å². The number of hydrogen-bond acceptors (Lipinski definition) is 6. The Kier molecular flexibility index (Phi) is 5.99. The maximum absolute atomic E-state index is 12.9. The van der Waals surface area contributed by atoms with Gasteiger partial charge in [0.15, 0.2) is 16.3 Å². The van der Waals surface area contributed by atoms with E-state index < -0.39 is 17.4 Å². The van der Waals surface area contributed by atoms with Gasteiger partial charge in [-0.2, -0.15) is 0 Å². The van der Waals surface area contributed by atoms with E-state index in [0.717, 1.165) is 14.2 Å². The van der Waals surface area contributed by atoms with Crippen molar-refractivity contribution in [3.63, 3.8) is 0 Å². The Morgan fingerprint density at radius 3 is 1.33 bits per heavy atom. The fourth-order valence-electron chi connectivity index (χ4n) is 4.02. The maximum Gasteiger partial charge on any atom is 0.323 e. The van der Waals surface area contributed by atoms with Gasteiger partial charge in [-0.15, -0.1) is 0 Å². The molecular weight excluding hydrogens is 467 g/mol. The first-order chi connectivity index (χ1) is 15.7. The number of methoxy groups -OCH3 is 2. The third-order valence-electron chi connectivity index (χ3n) is 5.86. The molecule has 0 bridgehead atoms. The second-order valence-corrected chi connectivity index (χ2v) is 8.67. The molecule has 0 amide bonds. The molecule has 4 aromatic carbocycles. The first-order valence-corrected chi connectivity index (χ1v) is 10.7. The van der Waals surface area contributed by atoms with Gasteiger partial charge >= 0.3 is 11.9 Å². The van der Waals surface area contributed by atoms with E-state index in [1.165, 1.54) is 0 Å². The standard InChI is InChI=1S/C25H18Cl2O6/c1-32-23(30)25(24(31)33-2,11-17-19(21(17)28)13-3-7-15(26)8-4-13)12-18-20(22(18)29)14-5-9-16(27)10-6-14/h3-10H,11-12H2,1-2H3. The molecule has 168 valence electrons. The summed E-state index contributed by atoms with van der Waals surface area (Å²) in [7, 11) is 2.29. The molecule has 0 radical (unpaired) electrons. The lowest BCUT2D eigenvalue weighted by Crippen LogP contribution is -2.44. The molecule has 8 heteroatoms. The highest BCUT2D eigenvalue weighted by Crippen LogP contribution is 2.39. The van der Waals surface area contributed by atoms with Crippen LogP contribution in [0.4, 0.5) is 0 Å². The van der Waals surface area contributed by atoms with Crippen molar-refractivity contribution in [3.8, 4) is 22.3 Å². The Labute approximate surface area is 199 Å². The fourth-order valence-corrected chi connectivity index (χ4v) is 4.28. The second kappa shape index (κ2) is 8.61. The van der Waals surface area contributed by atoms with Gasteiger partial charge in [0.1, 0.15) is 0 Å². The van der Waals surface area contributed by atoms with Gasteiger partial charge in [-0.05, 0) is 35.4 Å². The number of carbonyl (C=O) groups is 2. The summed E-state index contributed by atoms with van der Waals surface area (Å²) in [4.78, 5) is 51.0. The summed E-state index contributed by atoms with van der Waals surface area (Å²) >= 11 is 11.8. The van der Waals surface area contributed by atoms with Crippen molar-refractivity contribution in [1.29, 1.82) is 0 Å². The predicted octanol–water partition coefficient (Wildman–Crippen LogP) is 3.92. The highest BCUT2D eigenvalue weighted by atomic mass is 35.5. The van der Waals surface area contributed by atoms with Crippen LogP contribution in [-0.4, -0.2) is 26.2 Å². The average Bonchev–Trinajstić information content (AvgIpc) is 3.67. The molecule has 0 atom stereocenters. The average molecular weight is 485 g/mol. The van der Waals surface area contributed by atoms with E-state index in [9.17, 15) is 19.2 Å². The lowest BCUT2D eigenvalue weighted by molar-refractivity contribution is -0.169. The Hall–Kier alpha value is -3.22. The summed E-state index contributed by atoms with van der Waals surface area (Å²) in [5.41, 5.74) is 0.327. The third kappa shape index (κ3) is 4.12. The Morgan fingerprint density at radius 2 is 1.03 bits per heavy atom.